The highest BCUT2D eigenvalue weighted by Gasteiger charge is 2.11. The number of nitrogens with one attached hydrogen (secondary N) is 1. The molecule has 76 valence electrons. The van der Waals surface area contributed by atoms with Crippen LogP contribution >= 0.6 is 0 Å². The molecule has 0 atom stereocenters. The fourth-order valence-electron chi connectivity index (χ4n) is 1.45. The molecule has 0 fully saturated rings. The number of aromatic nitrogens is 4. The lowest BCUT2D eigenvalue weighted by Gasteiger charge is -1.99. The van der Waals surface area contributed by atoms with Gasteiger partial charge in [0.25, 0.3) is 0 Å². The summed E-state index contributed by atoms with van der Waals surface area (Å²) in [5.41, 5.74) is 8.08. The Kier molecular flexibility index (Phi) is 2.21. The van der Waals surface area contributed by atoms with E-state index < -0.39 is 0 Å². The van der Waals surface area contributed by atoms with Crippen LogP contribution in [0.2, 0.25) is 0 Å². The maximum absolute atomic E-state index is 5.78. The van der Waals surface area contributed by atoms with Crippen molar-refractivity contribution in [2.24, 2.45) is 0 Å². The molecular weight excluding hydrogens is 190 g/mol. The Morgan fingerprint density at radius 1 is 1.53 bits per heavy atom. The third-order valence-corrected chi connectivity index (χ3v) is 2.20. The van der Waals surface area contributed by atoms with Gasteiger partial charge in [0.2, 0.25) is 0 Å². The van der Waals surface area contributed by atoms with Gasteiger partial charge < -0.3 is 5.73 Å². The van der Waals surface area contributed by atoms with Crippen molar-refractivity contribution in [3.05, 3.63) is 30.8 Å². The van der Waals surface area contributed by atoms with E-state index in [2.05, 4.69) is 26.7 Å². The van der Waals surface area contributed by atoms with Gasteiger partial charge in [0, 0.05) is 0 Å². The number of hydrogen-bond donors (Lipinski definition) is 2. The first-order valence-corrected chi connectivity index (χ1v) is 4.51. The van der Waals surface area contributed by atoms with Gasteiger partial charge in [-0.1, -0.05) is 18.7 Å². The fourth-order valence-corrected chi connectivity index (χ4v) is 1.45. The molecule has 3 N–H and O–H groups in total. The zero-order valence-electron chi connectivity index (χ0n) is 8.36. The molecule has 0 unspecified atom stereocenters. The van der Waals surface area contributed by atoms with Crippen LogP contribution in [0.5, 0.6) is 0 Å². The van der Waals surface area contributed by atoms with Gasteiger partial charge in [-0.05, 0) is 12.5 Å². The number of hydrogen-bond acceptors (Lipinski definition) is 4. The molecule has 0 radical (unpaired) electrons. The maximum atomic E-state index is 5.78. The highest BCUT2D eigenvalue weighted by Crippen LogP contribution is 2.25. The summed E-state index contributed by atoms with van der Waals surface area (Å²) in [7, 11) is 0. The van der Waals surface area contributed by atoms with Crippen LogP contribution in [0.25, 0.3) is 16.6 Å². The molecule has 0 amide bonds. The largest absolute Gasteiger partial charge is 0.383 e. The van der Waals surface area contributed by atoms with Crippen molar-refractivity contribution in [2.75, 3.05) is 5.73 Å². The van der Waals surface area contributed by atoms with Crippen molar-refractivity contribution in [1.29, 1.82) is 0 Å². The van der Waals surface area contributed by atoms with Gasteiger partial charge in [-0.15, -0.1) is 0 Å². The normalized spacial score (nSPS) is 11.9. The number of nitrogens with two attached hydrogens (primary N) is 1. The SMILES string of the molecule is C=C/C(=C\C)c1[nH]nc2ncnc(N)c12. The first-order chi connectivity index (χ1) is 7.27. The van der Waals surface area contributed by atoms with E-state index in [0.29, 0.717) is 11.5 Å². The Labute approximate surface area is 86.7 Å². The summed E-state index contributed by atoms with van der Waals surface area (Å²) in [6.45, 7) is 5.65. The second-order valence-electron chi connectivity index (χ2n) is 3.00. The number of aromatic amines is 1. The van der Waals surface area contributed by atoms with Gasteiger partial charge in [-0.2, -0.15) is 5.10 Å². The molecule has 0 aliphatic heterocycles. The molecule has 0 aliphatic rings. The number of nitrogen functional groups attached to an aromatic ring is 1. The maximum Gasteiger partial charge on any atom is 0.186 e. The minimum Gasteiger partial charge on any atom is -0.383 e. The summed E-state index contributed by atoms with van der Waals surface area (Å²) in [4.78, 5) is 7.96. The van der Waals surface area contributed by atoms with Crippen molar-refractivity contribution < 1.29 is 0 Å². The molecule has 0 bridgehead atoms. The van der Waals surface area contributed by atoms with E-state index in [-0.39, 0.29) is 0 Å². The van der Waals surface area contributed by atoms with E-state index >= 15 is 0 Å². The van der Waals surface area contributed by atoms with Gasteiger partial charge >= 0.3 is 0 Å². The summed E-state index contributed by atoms with van der Waals surface area (Å²) in [6, 6.07) is 0. The average Bonchev–Trinajstić information content (AvgIpc) is 2.66. The lowest BCUT2D eigenvalue weighted by Crippen LogP contribution is -1.93. The minimum atomic E-state index is 0.421. The molecular formula is C10H11N5. The summed E-state index contributed by atoms with van der Waals surface area (Å²) in [6.07, 6.45) is 5.05. The Bertz CT molecular complexity index is 538. The van der Waals surface area contributed by atoms with Gasteiger partial charge in [0.15, 0.2) is 5.65 Å². The fraction of sp³-hybridized carbons (Fsp3) is 0.100. The van der Waals surface area contributed by atoms with Crippen LogP contribution < -0.4 is 5.73 Å². The summed E-state index contributed by atoms with van der Waals surface area (Å²) in [5, 5.41) is 7.68. The first-order valence-electron chi connectivity index (χ1n) is 4.51. The van der Waals surface area contributed by atoms with Crippen molar-refractivity contribution in [3.8, 4) is 0 Å². The van der Waals surface area contributed by atoms with E-state index in [9.17, 15) is 0 Å². The zero-order chi connectivity index (χ0) is 10.8. The van der Waals surface area contributed by atoms with E-state index in [1.807, 2.05) is 13.0 Å². The minimum absolute atomic E-state index is 0.421. The Morgan fingerprint density at radius 3 is 3.00 bits per heavy atom. The van der Waals surface area contributed by atoms with Crippen LogP contribution in [0.15, 0.2) is 25.1 Å². The zero-order valence-corrected chi connectivity index (χ0v) is 8.36. The quantitative estimate of drug-likeness (QED) is 0.722. The molecule has 5 nitrogen and oxygen atoms in total. The smallest absolute Gasteiger partial charge is 0.186 e. The van der Waals surface area contributed by atoms with Crippen molar-refractivity contribution >= 4 is 22.4 Å². The van der Waals surface area contributed by atoms with Crippen LogP contribution in [0.1, 0.15) is 12.6 Å². The number of nitrogens with zero attached hydrogens (tertiary/aromatic N) is 3. The molecule has 2 heterocycles. The van der Waals surface area contributed by atoms with Crippen molar-refractivity contribution in [1.82, 2.24) is 20.2 Å². The number of H-pyrrole nitrogens is 1. The van der Waals surface area contributed by atoms with E-state index in [1.54, 1.807) is 6.08 Å². The topological polar surface area (TPSA) is 80.5 Å². The molecule has 0 spiro atoms. The molecule has 15 heavy (non-hydrogen) atoms. The molecule has 0 aliphatic carbocycles. The molecule has 5 heteroatoms. The summed E-state index contributed by atoms with van der Waals surface area (Å²) >= 11 is 0. The van der Waals surface area contributed by atoms with E-state index in [0.717, 1.165) is 16.7 Å². The standard InChI is InChI=1S/C10H11N5/c1-3-6(4-2)8-7-9(11)12-5-13-10(7)15-14-8/h3-5H,1H2,2H3,(H3,11,12,13,14,15)/b6-4+. The predicted octanol–water partition coefficient (Wildman–Crippen LogP) is 1.52. The Hall–Kier alpha value is -2.17. The Morgan fingerprint density at radius 2 is 2.33 bits per heavy atom. The van der Waals surface area contributed by atoms with Gasteiger partial charge in [-0.3, -0.25) is 5.10 Å². The predicted molar refractivity (Wildman–Crippen MR) is 59.9 cm³/mol. The number of anilines is 1. The van der Waals surface area contributed by atoms with E-state index in [1.165, 1.54) is 6.33 Å². The summed E-state index contributed by atoms with van der Waals surface area (Å²) < 4.78 is 0. The lowest BCUT2D eigenvalue weighted by atomic mass is 10.1. The van der Waals surface area contributed by atoms with Crippen LogP contribution in [-0.4, -0.2) is 20.2 Å². The van der Waals surface area contributed by atoms with Gasteiger partial charge in [0.1, 0.15) is 12.1 Å². The monoisotopic (exact) mass is 201 g/mol. The van der Waals surface area contributed by atoms with Crippen LogP contribution in [-0.2, 0) is 0 Å². The van der Waals surface area contributed by atoms with Gasteiger partial charge in [-0.25, -0.2) is 9.97 Å². The van der Waals surface area contributed by atoms with Crippen LogP contribution in [0.3, 0.4) is 0 Å². The second kappa shape index (κ2) is 3.53. The van der Waals surface area contributed by atoms with Crippen molar-refractivity contribution in [3.63, 3.8) is 0 Å². The molecule has 2 rings (SSSR count). The average molecular weight is 201 g/mol. The van der Waals surface area contributed by atoms with Crippen LogP contribution in [0.4, 0.5) is 5.82 Å². The van der Waals surface area contributed by atoms with E-state index in [4.69, 9.17) is 5.73 Å². The highest BCUT2D eigenvalue weighted by molar-refractivity contribution is 5.96. The molecule has 0 aromatic carbocycles. The van der Waals surface area contributed by atoms with Gasteiger partial charge in [0.05, 0.1) is 11.1 Å². The third-order valence-electron chi connectivity index (χ3n) is 2.20. The number of rotatable bonds is 2. The molecule has 0 saturated heterocycles. The first kappa shape index (κ1) is 9.39. The Balaban J connectivity index is 2.78. The number of allylic oxidation sites excluding steroid dienone is 3. The molecule has 2 aromatic heterocycles. The third kappa shape index (κ3) is 1.38. The highest BCUT2D eigenvalue weighted by atomic mass is 15.2. The van der Waals surface area contributed by atoms with Crippen LogP contribution in [0, 0.1) is 0 Å². The molecule has 2 aromatic rings. The second-order valence-corrected chi connectivity index (χ2v) is 3.00. The lowest BCUT2D eigenvalue weighted by molar-refractivity contribution is 1.08. The molecule has 0 saturated carbocycles. The number of fused-ring (bicyclic) bond motifs is 1. The summed E-state index contributed by atoms with van der Waals surface area (Å²) in [5.74, 6) is 0.421. The van der Waals surface area contributed by atoms with Crippen molar-refractivity contribution in [2.45, 2.75) is 6.92 Å².